The van der Waals surface area contributed by atoms with Crippen LogP contribution in [0.4, 0.5) is 5.69 Å². The number of amides is 2. The van der Waals surface area contributed by atoms with Gasteiger partial charge in [-0.1, -0.05) is 36.4 Å². The van der Waals surface area contributed by atoms with E-state index in [4.69, 9.17) is 4.74 Å². The third-order valence-corrected chi connectivity index (χ3v) is 4.12. The molecule has 1 aromatic heterocycles. The van der Waals surface area contributed by atoms with Gasteiger partial charge in [0.05, 0.1) is 7.11 Å². The van der Waals surface area contributed by atoms with Crippen molar-refractivity contribution in [3.63, 3.8) is 0 Å². The second-order valence-electron chi connectivity index (χ2n) is 6.11. The molecule has 0 aliphatic rings. The summed E-state index contributed by atoms with van der Waals surface area (Å²) in [6.45, 7) is 0.491. The summed E-state index contributed by atoms with van der Waals surface area (Å²) in [5, 5.41) is 5.61. The highest BCUT2D eigenvalue weighted by molar-refractivity contribution is 6.05. The average Bonchev–Trinajstić information content (AvgIpc) is 2.74. The Morgan fingerprint density at radius 3 is 2.57 bits per heavy atom. The van der Waals surface area contributed by atoms with E-state index < -0.39 is 0 Å². The first kappa shape index (κ1) is 19.1. The highest BCUT2D eigenvalue weighted by Gasteiger charge is 2.12. The molecule has 3 aromatic rings. The van der Waals surface area contributed by atoms with E-state index in [1.165, 1.54) is 12.3 Å². The van der Waals surface area contributed by atoms with Gasteiger partial charge < -0.3 is 15.4 Å². The number of methoxy groups -OCH3 is 1. The summed E-state index contributed by atoms with van der Waals surface area (Å²) in [6.07, 6.45) is 2.18. The van der Waals surface area contributed by atoms with Gasteiger partial charge in [-0.25, -0.2) is 0 Å². The molecule has 6 heteroatoms. The Morgan fingerprint density at radius 1 is 0.964 bits per heavy atom. The Balaban J connectivity index is 1.60. The lowest BCUT2D eigenvalue weighted by molar-refractivity contribution is 0.0949. The number of carbonyl (C=O) groups is 2. The molecule has 0 atom stereocenters. The first-order chi connectivity index (χ1) is 13.7. The van der Waals surface area contributed by atoms with Crippen molar-refractivity contribution in [1.29, 1.82) is 0 Å². The molecule has 142 valence electrons. The van der Waals surface area contributed by atoms with E-state index in [-0.39, 0.29) is 17.5 Å². The van der Waals surface area contributed by atoms with Gasteiger partial charge in [0.2, 0.25) is 0 Å². The van der Waals surface area contributed by atoms with Crippen LogP contribution in [0, 0.1) is 0 Å². The molecule has 0 bridgehead atoms. The third kappa shape index (κ3) is 5.17. The van der Waals surface area contributed by atoms with Gasteiger partial charge in [-0.15, -0.1) is 0 Å². The molecule has 2 N–H and O–H groups in total. The molecule has 6 nitrogen and oxygen atoms in total. The smallest absolute Gasteiger partial charge is 0.269 e. The fourth-order valence-electron chi connectivity index (χ4n) is 2.66. The molecule has 2 amide bonds. The van der Waals surface area contributed by atoms with Gasteiger partial charge in [-0.3, -0.25) is 14.6 Å². The van der Waals surface area contributed by atoms with Crippen molar-refractivity contribution in [3.8, 4) is 5.75 Å². The van der Waals surface area contributed by atoms with Gasteiger partial charge in [0.25, 0.3) is 11.8 Å². The lowest BCUT2D eigenvalue weighted by atomic mass is 10.1. The number of ether oxygens (including phenoxy) is 1. The maximum atomic E-state index is 12.5. The van der Waals surface area contributed by atoms with Gasteiger partial charge >= 0.3 is 0 Å². The van der Waals surface area contributed by atoms with Crippen molar-refractivity contribution in [3.05, 3.63) is 89.7 Å². The molecule has 2 aromatic carbocycles. The Morgan fingerprint density at radius 2 is 1.79 bits per heavy atom. The molecule has 0 aliphatic carbocycles. The molecule has 0 spiro atoms. The Kier molecular flexibility index (Phi) is 6.36. The maximum absolute atomic E-state index is 12.5. The molecule has 28 heavy (non-hydrogen) atoms. The summed E-state index contributed by atoms with van der Waals surface area (Å²) < 4.78 is 5.15. The fourth-order valence-corrected chi connectivity index (χ4v) is 2.66. The van der Waals surface area contributed by atoms with Crippen LogP contribution in [0.3, 0.4) is 0 Å². The van der Waals surface area contributed by atoms with Crippen LogP contribution in [0.2, 0.25) is 0 Å². The van der Waals surface area contributed by atoms with Crippen LogP contribution in [-0.2, 0) is 6.42 Å². The van der Waals surface area contributed by atoms with E-state index in [2.05, 4.69) is 15.6 Å². The quantitative estimate of drug-likeness (QED) is 0.664. The normalized spacial score (nSPS) is 10.2. The first-order valence-corrected chi connectivity index (χ1v) is 8.89. The molecule has 3 rings (SSSR count). The highest BCUT2D eigenvalue weighted by atomic mass is 16.5. The molecule has 0 saturated carbocycles. The van der Waals surface area contributed by atoms with Crippen molar-refractivity contribution in [2.45, 2.75) is 6.42 Å². The zero-order chi connectivity index (χ0) is 19.8. The topological polar surface area (TPSA) is 80.3 Å². The van der Waals surface area contributed by atoms with Crippen molar-refractivity contribution in [2.75, 3.05) is 19.0 Å². The molecule has 0 fully saturated rings. The zero-order valence-corrected chi connectivity index (χ0v) is 15.5. The molecule has 0 saturated heterocycles. The number of aromatic nitrogens is 1. The second-order valence-corrected chi connectivity index (χ2v) is 6.11. The highest BCUT2D eigenvalue weighted by Crippen LogP contribution is 2.17. The maximum Gasteiger partial charge on any atom is 0.269 e. The van der Waals surface area contributed by atoms with Crippen molar-refractivity contribution >= 4 is 17.5 Å². The Labute approximate surface area is 163 Å². The van der Waals surface area contributed by atoms with E-state index in [9.17, 15) is 9.59 Å². The molecular weight excluding hydrogens is 354 g/mol. The van der Waals surface area contributed by atoms with Crippen LogP contribution in [0.15, 0.2) is 72.9 Å². The lowest BCUT2D eigenvalue weighted by Gasteiger charge is -2.08. The number of nitrogens with one attached hydrogen (secondary N) is 2. The largest absolute Gasteiger partial charge is 0.497 e. The minimum absolute atomic E-state index is 0.200. The van der Waals surface area contributed by atoms with Crippen molar-refractivity contribution in [1.82, 2.24) is 10.3 Å². The number of carbonyl (C=O) groups excluding carboxylic acids is 2. The SMILES string of the molecule is COc1cccc(NC(=O)c2ccnc(C(=O)NCCc3ccccc3)c2)c1. The number of anilines is 1. The average molecular weight is 375 g/mol. The number of hydrogen-bond donors (Lipinski definition) is 2. The van der Waals surface area contributed by atoms with Crippen LogP contribution in [0.5, 0.6) is 5.75 Å². The second kappa shape index (κ2) is 9.32. The third-order valence-electron chi connectivity index (χ3n) is 4.12. The Bertz CT molecular complexity index is 958. The summed E-state index contributed by atoms with van der Waals surface area (Å²) in [6, 6.07) is 20.0. The molecule has 0 unspecified atom stereocenters. The summed E-state index contributed by atoms with van der Waals surface area (Å²) >= 11 is 0. The number of rotatable bonds is 7. The van der Waals surface area contributed by atoms with Gasteiger partial charge in [0, 0.05) is 30.1 Å². The summed E-state index contributed by atoms with van der Waals surface area (Å²) in [7, 11) is 1.56. The predicted molar refractivity (Wildman–Crippen MR) is 108 cm³/mol. The summed E-state index contributed by atoms with van der Waals surface area (Å²) in [5.74, 6) is 0.00645. The summed E-state index contributed by atoms with van der Waals surface area (Å²) in [5.41, 5.74) is 2.30. The van der Waals surface area contributed by atoms with Crippen molar-refractivity contribution < 1.29 is 14.3 Å². The fraction of sp³-hybridized carbons (Fsp3) is 0.136. The minimum atomic E-state index is -0.325. The predicted octanol–water partition coefficient (Wildman–Crippen LogP) is 3.32. The first-order valence-electron chi connectivity index (χ1n) is 8.89. The molecule has 0 radical (unpaired) electrons. The van der Waals surface area contributed by atoms with Gasteiger partial charge in [-0.05, 0) is 36.2 Å². The molecule has 0 aliphatic heterocycles. The molecular formula is C22H21N3O3. The standard InChI is InChI=1S/C22H21N3O3/c1-28-19-9-5-8-18(15-19)25-21(26)17-11-13-23-20(14-17)22(27)24-12-10-16-6-3-2-4-7-16/h2-9,11,13-15H,10,12H2,1H3,(H,24,27)(H,25,26). The van der Waals surface area contributed by atoms with Crippen molar-refractivity contribution in [2.24, 2.45) is 0 Å². The number of nitrogens with zero attached hydrogens (tertiary/aromatic N) is 1. The van der Waals surface area contributed by atoms with E-state index in [0.29, 0.717) is 23.5 Å². The van der Waals surface area contributed by atoms with Crippen LogP contribution in [-0.4, -0.2) is 30.5 Å². The van der Waals surface area contributed by atoms with E-state index in [1.807, 2.05) is 30.3 Å². The number of benzene rings is 2. The number of pyridine rings is 1. The van der Waals surface area contributed by atoms with Gasteiger partial charge in [-0.2, -0.15) is 0 Å². The van der Waals surface area contributed by atoms with Gasteiger partial charge in [0.1, 0.15) is 11.4 Å². The van der Waals surface area contributed by atoms with Crippen LogP contribution >= 0.6 is 0 Å². The van der Waals surface area contributed by atoms with E-state index >= 15 is 0 Å². The minimum Gasteiger partial charge on any atom is -0.497 e. The van der Waals surface area contributed by atoms with E-state index in [1.54, 1.807) is 37.4 Å². The van der Waals surface area contributed by atoms with Gasteiger partial charge in [0.15, 0.2) is 0 Å². The monoisotopic (exact) mass is 375 g/mol. The van der Waals surface area contributed by atoms with E-state index in [0.717, 1.165) is 12.0 Å². The lowest BCUT2D eigenvalue weighted by Crippen LogP contribution is -2.27. The molecule has 1 heterocycles. The van der Waals surface area contributed by atoms with Crippen LogP contribution in [0.25, 0.3) is 0 Å². The Hall–Kier alpha value is -3.67. The summed E-state index contributed by atoms with van der Waals surface area (Å²) in [4.78, 5) is 28.9. The number of hydrogen-bond acceptors (Lipinski definition) is 4. The van der Waals surface area contributed by atoms with Crippen LogP contribution < -0.4 is 15.4 Å². The zero-order valence-electron chi connectivity index (χ0n) is 15.5. The van der Waals surface area contributed by atoms with Crippen LogP contribution in [0.1, 0.15) is 26.4 Å².